The van der Waals surface area contributed by atoms with Gasteiger partial charge in [-0.05, 0) is 38.0 Å². The Morgan fingerprint density at radius 3 is 2.34 bits per heavy atom. The summed E-state index contributed by atoms with van der Waals surface area (Å²) < 4.78 is 49.2. The Balaban J connectivity index is 2.01. The van der Waals surface area contributed by atoms with E-state index in [9.17, 15) is 32.7 Å². The lowest BCUT2D eigenvalue weighted by atomic mass is 10.1. The average molecular weight is 458 g/mol. The number of rotatable bonds is 10. The normalized spacial score (nSPS) is 11.9. The summed E-state index contributed by atoms with van der Waals surface area (Å²) in [6, 6.07) is 6.48. The summed E-state index contributed by atoms with van der Waals surface area (Å²) in [6.07, 6.45) is -5.47. The molecule has 0 bridgehead atoms. The monoisotopic (exact) mass is 458 g/mol. The lowest BCUT2D eigenvalue weighted by Gasteiger charge is -2.27. The fourth-order valence-electron chi connectivity index (χ4n) is 2.59. The zero-order valence-electron chi connectivity index (χ0n) is 17.8. The van der Waals surface area contributed by atoms with Crippen LogP contribution in [0, 0.1) is 0 Å². The average Bonchev–Trinajstić information content (AvgIpc) is 2.69. The molecule has 0 spiro atoms. The highest BCUT2D eigenvalue weighted by Gasteiger charge is 2.26. The summed E-state index contributed by atoms with van der Waals surface area (Å²) in [7, 11) is 1.19. The number of alkyl halides is 3. The maximum absolute atomic E-state index is 12.3. The molecule has 1 heterocycles. The van der Waals surface area contributed by atoms with Crippen molar-refractivity contribution in [2.24, 2.45) is 7.05 Å². The second-order valence-corrected chi connectivity index (χ2v) is 7.54. The molecule has 0 fully saturated rings. The third-order valence-electron chi connectivity index (χ3n) is 4.45. The zero-order valence-corrected chi connectivity index (χ0v) is 17.8. The molecule has 9 nitrogen and oxygen atoms in total. The Labute approximate surface area is 181 Å². The van der Waals surface area contributed by atoms with Gasteiger partial charge in [-0.2, -0.15) is 13.2 Å². The van der Waals surface area contributed by atoms with Gasteiger partial charge in [0.15, 0.2) is 0 Å². The van der Waals surface area contributed by atoms with E-state index in [1.807, 2.05) is 0 Å². The van der Waals surface area contributed by atoms with Crippen LogP contribution in [-0.2, 0) is 24.8 Å². The van der Waals surface area contributed by atoms with E-state index in [1.165, 1.54) is 20.9 Å². The van der Waals surface area contributed by atoms with Crippen LogP contribution in [0.25, 0.3) is 0 Å². The van der Waals surface area contributed by atoms with E-state index in [0.29, 0.717) is 12.2 Å². The van der Waals surface area contributed by atoms with Gasteiger partial charge in [-0.25, -0.2) is 9.48 Å². The Kier molecular flexibility index (Phi) is 7.70. The molecule has 0 atom stereocenters. The zero-order chi connectivity index (χ0) is 24.1. The second kappa shape index (κ2) is 9.88. The summed E-state index contributed by atoms with van der Waals surface area (Å²) in [5.74, 6) is -1.43. The van der Waals surface area contributed by atoms with Crippen molar-refractivity contribution in [3.8, 4) is 11.6 Å². The number of carbonyl (C=O) groups is 1. The molecule has 12 heteroatoms. The number of nitrogens with zero attached hydrogens (tertiary/aromatic N) is 3. The minimum atomic E-state index is -4.36. The predicted molar refractivity (Wildman–Crippen MR) is 104 cm³/mol. The van der Waals surface area contributed by atoms with Gasteiger partial charge in [0.25, 0.3) is 5.88 Å². The van der Waals surface area contributed by atoms with E-state index in [1.54, 1.807) is 24.3 Å². The topological polar surface area (TPSA) is 115 Å². The number of halogens is 3. The lowest BCUT2D eigenvalue weighted by molar-refractivity contribution is -0.320. The van der Waals surface area contributed by atoms with Crippen LogP contribution in [0.1, 0.15) is 32.3 Å². The number of aromatic nitrogens is 3. The van der Waals surface area contributed by atoms with Crippen LogP contribution in [-0.4, -0.2) is 38.7 Å². The third-order valence-corrected chi connectivity index (χ3v) is 4.45. The molecule has 0 amide bonds. The van der Waals surface area contributed by atoms with E-state index in [2.05, 4.69) is 5.10 Å². The molecule has 0 aliphatic heterocycles. The van der Waals surface area contributed by atoms with Gasteiger partial charge in [0.1, 0.15) is 11.4 Å². The van der Waals surface area contributed by atoms with Crippen molar-refractivity contribution in [1.82, 2.24) is 14.3 Å². The smallest absolute Gasteiger partial charge is 0.389 e. The maximum atomic E-state index is 12.3. The molecule has 0 N–H and O–H groups in total. The number of aryl methyl sites for hydroxylation is 1. The van der Waals surface area contributed by atoms with Gasteiger partial charge < -0.3 is 19.4 Å². The number of carboxylic acids is 1. The molecule has 32 heavy (non-hydrogen) atoms. The standard InChI is InChI=1S/C20H24F3N3O6/c1-19(2,17(28)29)32-14-7-5-13(6-8-14)9-12-31-15-16(27)25(3)18(30)26(24-15)11-4-10-20(21,22)23/h5-8H,4,9-12H2,1-3H3,(H,28,29)/p-1. The van der Waals surface area contributed by atoms with Crippen LogP contribution < -0.4 is 25.8 Å². The molecule has 0 saturated carbocycles. The van der Waals surface area contributed by atoms with Gasteiger partial charge in [-0.3, -0.25) is 9.36 Å². The van der Waals surface area contributed by atoms with Crippen molar-refractivity contribution < 1.29 is 32.5 Å². The van der Waals surface area contributed by atoms with Gasteiger partial charge in [0.05, 0.1) is 12.6 Å². The Bertz CT molecular complexity index is 1060. The molecule has 176 valence electrons. The van der Waals surface area contributed by atoms with E-state index in [-0.39, 0.29) is 19.6 Å². The largest absolute Gasteiger partial charge is 0.546 e. The number of ether oxygens (including phenoxy) is 2. The van der Waals surface area contributed by atoms with Gasteiger partial charge in [-0.15, -0.1) is 5.10 Å². The minimum absolute atomic E-state index is 0.00768. The molecule has 1 aromatic heterocycles. The van der Waals surface area contributed by atoms with Crippen LogP contribution >= 0.6 is 0 Å². The Morgan fingerprint density at radius 2 is 1.78 bits per heavy atom. The first kappa shape index (κ1) is 25.0. The molecule has 0 unspecified atom stereocenters. The lowest BCUT2D eigenvalue weighted by Crippen LogP contribution is -2.47. The highest BCUT2D eigenvalue weighted by Crippen LogP contribution is 2.21. The molecular formula is C20H23F3N3O6-. The molecule has 2 rings (SSSR count). The fourth-order valence-corrected chi connectivity index (χ4v) is 2.59. The van der Waals surface area contributed by atoms with Gasteiger partial charge in [-0.1, -0.05) is 12.1 Å². The summed E-state index contributed by atoms with van der Waals surface area (Å²) in [5.41, 5.74) is -2.35. The first-order valence-corrected chi connectivity index (χ1v) is 9.67. The van der Waals surface area contributed by atoms with Crippen molar-refractivity contribution in [3.63, 3.8) is 0 Å². The summed E-state index contributed by atoms with van der Waals surface area (Å²) in [6.45, 7) is 2.42. The van der Waals surface area contributed by atoms with E-state index in [4.69, 9.17) is 9.47 Å². The molecule has 2 aromatic rings. The first-order valence-electron chi connectivity index (χ1n) is 9.67. The van der Waals surface area contributed by atoms with Crippen molar-refractivity contribution in [3.05, 3.63) is 50.7 Å². The predicted octanol–water partition coefficient (Wildman–Crippen LogP) is 0.813. The van der Waals surface area contributed by atoms with Crippen LogP contribution in [0.2, 0.25) is 0 Å². The van der Waals surface area contributed by atoms with Gasteiger partial charge in [0.2, 0.25) is 0 Å². The quantitative estimate of drug-likeness (QED) is 0.518. The molecular weight excluding hydrogens is 435 g/mol. The SMILES string of the molecule is Cn1c(=O)c(OCCc2ccc(OC(C)(C)C(=O)[O-])cc2)nn(CCCC(F)(F)F)c1=O. The van der Waals surface area contributed by atoms with Crippen molar-refractivity contribution in [2.75, 3.05) is 6.61 Å². The van der Waals surface area contributed by atoms with Gasteiger partial charge >= 0.3 is 17.4 Å². The van der Waals surface area contributed by atoms with Crippen LogP contribution in [0.5, 0.6) is 11.6 Å². The summed E-state index contributed by atoms with van der Waals surface area (Å²) in [5, 5.41) is 14.8. The van der Waals surface area contributed by atoms with Crippen LogP contribution in [0.3, 0.4) is 0 Å². The maximum Gasteiger partial charge on any atom is 0.389 e. The number of aliphatic carboxylic acids is 1. The number of carbonyl (C=O) groups excluding carboxylic acids is 1. The molecule has 1 aromatic carbocycles. The molecule has 0 radical (unpaired) electrons. The molecule has 0 aliphatic rings. The van der Waals surface area contributed by atoms with Gasteiger partial charge in [0, 0.05) is 26.4 Å². The molecule has 0 aliphatic carbocycles. The van der Waals surface area contributed by atoms with Crippen LogP contribution in [0.15, 0.2) is 33.9 Å². The van der Waals surface area contributed by atoms with Crippen molar-refractivity contribution in [2.45, 2.75) is 51.4 Å². The number of hydrogen-bond donors (Lipinski definition) is 0. The summed E-state index contributed by atoms with van der Waals surface area (Å²) in [4.78, 5) is 35.2. The number of carboxylic acid groups (broad SMARTS) is 1. The Morgan fingerprint density at radius 1 is 1.16 bits per heavy atom. The number of benzene rings is 1. The Hall–Kier alpha value is -3.31. The first-order chi connectivity index (χ1) is 14.8. The summed E-state index contributed by atoms with van der Waals surface area (Å²) >= 11 is 0. The van der Waals surface area contributed by atoms with Crippen molar-refractivity contribution in [1.29, 1.82) is 0 Å². The van der Waals surface area contributed by atoms with E-state index in [0.717, 1.165) is 14.8 Å². The number of hydrogen-bond acceptors (Lipinski definition) is 7. The van der Waals surface area contributed by atoms with Crippen LogP contribution in [0.4, 0.5) is 13.2 Å². The van der Waals surface area contributed by atoms with E-state index >= 15 is 0 Å². The minimum Gasteiger partial charge on any atom is -0.546 e. The third kappa shape index (κ3) is 6.86. The second-order valence-electron chi connectivity index (χ2n) is 7.54. The van der Waals surface area contributed by atoms with E-state index < -0.39 is 41.3 Å². The highest BCUT2D eigenvalue weighted by atomic mass is 19.4. The fraction of sp³-hybridized carbons (Fsp3) is 0.500. The highest BCUT2D eigenvalue weighted by molar-refractivity contribution is 5.74. The van der Waals surface area contributed by atoms with Crippen molar-refractivity contribution >= 4 is 5.97 Å². The molecule has 0 saturated heterocycles.